The minimum absolute atomic E-state index is 0.195. The number of nitrogens with zero attached hydrogens (tertiary/aromatic N) is 1. The Labute approximate surface area is 129 Å². The zero-order chi connectivity index (χ0) is 15.9. The van der Waals surface area contributed by atoms with Crippen LogP contribution in [0.25, 0.3) is 0 Å². The van der Waals surface area contributed by atoms with E-state index in [1.54, 1.807) is 7.05 Å². The van der Waals surface area contributed by atoms with Gasteiger partial charge in [0.25, 0.3) is 0 Å². The zero-order valence-electron chi connectivity index (χ0n) is 14.3. The number of hydrogen-bond acceptors (Lipinski definition) is 4. The zero-order valence-corrected chi connectivity index (χ0v) is 14.3. The highest BCUT2D eigenvalue weighted by molar-refractivity contribution is 5.66. The highest BCUT2D eigenvalue weighted by Crippen LogP contribution is 2.42. The van der Waals surface area contributed by atoms with Gasteiger partial charge in [-0.2, -0.15) is 0 Å². The predicted octanol–water partition coefficient (Wildman–Crippen LogP) is 2.79. The van der Waals surface area contributed by atoms with E-state index in [1.165, 1.54) is 12.8 Å². The van der Waals surface area contributed by atoms with Crippen LogP contribution in [-0.4, -0.2) is 55.5 Å². The molecule has 124 valence electrons. The molecule has 2 aliphatic heterocycles. The SMILES string of the molecule is CC.CNC(=O)OCC1CCC2(COC(C)C)CCCN12. The number of amides is 1. The van der Waals surface area contributed by atoms with E-state index in [0.29, 0.717) is 12.6 Å². The van der Waals surface area contributed by atoms with E-state index in [2.05, 4.69) is 24.1 Å². The fourth-order valence-corrected chi connectivity index (χ4v) is 3.36. The summed E-state index contributed by atoms with van der Waals surface area (Å²) in [5.74, 6) is 0. The van der Waals surface area contributed by atoms with Crippen LogP contribution >= 0.6 is 0 Å². The van der Waals surface area contributed by atoms with Gasteiger partial charge in [-0.25, -0.2) is 4.79 Å². The first-order valence-electron chi connectivity index (χ1n) is 8.30. The van der Waals surface area contributed by atoms with Gasteiger partial charge < -0.3 is 14.8 Å². The number of nitrogens with one attached hydrogen (secondary N) is 1. The van der Waals surface area contributed by atoms with Gasteiger partial charge in [0.1, 0.15) is 6.61 Å². The van der Waals surface area contributed by atoms with E-state index in [-0.39, 0.29) is 17.7 Å². The number of fused-ring (bicyclic) bond motifs is 1. The van der Waals surface area contributed by atoms with E-state index >= 15 is 0 Å². The van der Waals surface area contributed by atoms with Crippen LogP contribution in [0.4, 0.5) is 4.79 Å². The quantitative estimate of drug-likeness (QED) is 0.848. The third kappa shape index (κ3) is 4.58. The molecule has 2 heterocycles. The van der Waals surface area contributed by atoms with Gasteiger partial charge in [0.15, 0.2) is 0 Å². The Kier molecular flexibility index (Phi) is 7.46. The molecule has 0 bridgehead atoms. The lowest BCUT2D eigenvalue weighted by Gasteiger charge is -2.35. The van der Waals surface area contributed by atoms with Gasteiger partial charge >= 0.3 is 6.09 Å². The van der Waals surface area contributed by atoms with Gasteiger partial charge in [-0.05, 0) is 46.1 Å². The Hall–Kier alpha value is -0.810. The van der Waals surface area contributed by atoms with Crippen LogP contribution in [0, 0.1) is 0 Å². The second-order valence-electron chi connectivity index (χ2n) is 5.92. The van der Waals surface area contributed by atoms with Crippen LogP contribution in [0.15, 0.2) is 0 Å². The minimum Gasteiger partial charge on any atom is -0.448 e. The summed E-state index contributed by atoms with van der Waals surface area (Å²) in [5, 5.41) is 2.49. The third-order valence-electron chi connectivity index (χ3n) is 4.33. The fourth-order valence-electron chi connectivity index (χ4n) is 3.36. The summed E-state index contributed by atoms with van der Waals surface area (Å²) in [4.78, 5) is 13.7. The van der Waals surface area contributed by atoms with Crippen LogP contribution in [0.3, 0.4) is 0 Å². The molecule has 0 aromatic rings. The van der Waals surface area contributed by atoms with Crippen molar-refractivity contribution in [3.05, 3.63) is 0 Å². The molecule has 5 heteroatoms. The standard InChI is InChI=1S/C14H26N2O3.C2H6/c1-11(2)19-10-14-6-4-8-16(14)12(5-7-14)9-18-13(17)15-3;1-2/h11-12H,4-10H2,1-3H3,(H,15,17);1-2H3. The van der Waals surface area contributed by atoms with Gasteiger partial charge in [-0.3, -0.25) is 4.90 Å². The fraction of sp³-hybridized carbons (Fsp3) is 0.938. The van der Waals surface area contributed by atoms with E-state index in [0.717, 1.165) is 26.0 Å². The second kappa shape index (κ2) is 8.59. The molecule has 5 nitrogen and oxygen atoms in total. The Morgan fingerprint density at radius 1 is 1.38 bits per heavy atom. The average Bonchev–Trinajstić information content (AvgIpc) is 3.04. The smallest absolute Gasteiger partial charge is 0.406 e. The molecule has 0 aromatic heterocycles. The molecule has 2 aliphatic rings. The maximum atomic E-state index is 11.2. The molecule has 0 saturated carbocycles. The molecule has 2 fully saturated rings. The summed E-state index contributed by atoms with van der Waals surface area (Å²) in [5.41, 5.74) is 0.195. The molecule has 2 unspecified atom stereocenters. The van der Waals surface area contributed by atoms with E-state index in [1.807, 2.05) is 13.8 Å². The molecule has 21 heavy (non-hydrogen) atoms. The lowest BCUT2D eigenvalue weighted by Crippen LogP contribution is -2.47. The lowest BCUT2D eigenvalue weighted by molar-refractivity contribution is -0.0111. The van der Waals surface area contributed by atoms with Crippen molar-refractivity contribution in [2.24, 2.45) is 0 Å². The predicted molar refractivity (Wildman–Crippen MR) is 84.5 cm³/mol. The Balaban J connectivity index is 0.00000106. The molecule has 1 N–H and O–H groups in total. The number of alkyl carbamates (subject to hydrolysis) is 1. The Morgan fingerprint density at radius 2 is 2.10 bits per heavy atom. The van der Waals surface area contributed by atoms with Gasteiger partial charge in [-0.1, -0.05) is 13.8 Å². The first kappa shape index (κ1) is 18.2. The van der Waals surface area contributed by atoms with Gasteiger partial charge in [0.2, 0.25) is 0 Å². The van der Waals surface area contributed by atoms with E-state index < -0.39 is 0 Å². The summed E-state index contributed by atoms with van der Waals surface area (Å²) < 4.78 is 11.1. The molecular weight excluding hydrogens is 268 g/mol. The number of ether oxygens (including phenoxy) is 2. The summed E-state index contributed by atoms with van der Waals surface area (Å²) >= 11 is 0. The van der Waals surface area contributed by atoms with Crippen molar-refractivity contribution in [1.29, 1.82) is 0 Å². The first-order chi connectivity index (χ1) is 10.1. The van der Waals surface area contributed by atoms with Gasteiger partial charge in [0, 0.05) is 18.6 Å². The van der Waals surface area contributed by atoms with Gasteiger partial charge in [0.05, 0.1) is 12.7 Å². The number of rotatable bonds is 5. The van der Waals surface area contributed by atoms with Crippen molar-refractivity contribution < 1.29 is 14.3 Å². The second-order valence-corrected chi connectivity index (χ2v) is 5.92. The summed E-state index contributed by atoms with van der Waals surface area (Å²) in [6, 6.07) is 0.357. The topological polar surface area (TPSA) is 50.8 Å². The van der Waals surface area contributed by atoms with Crippen LogP contribution in [-0.2, 0) is 9.47 Å². The van der Waals surface area contributed by atoms with Crippen molar-refractivity contribution in [3.8, 4) is 0 Å². The average molecular weight is 300 g/mol. The number of carbonyl (C=O) groups is 1. The minimum atomic E-state index is -0.338. The van der Waals surface area contributed by atoms with E-state index in [9.17, 15) is 4.79 Å². The normalized spacial score (nSPS) is 28.0. The molecule has 2 rings (SSSR count). The summed E-state index contributed by atoms with van der Waals surface area (Å²) in [6.45, 7) is 10.6. The largest absolute Gasteiger partial charge is 0.448 e. The molecule has 2 atom stereocenters. The van der Waals surface area contributed by atoms with Crippen LogP contribution < -0.4 is 5.32 Å². The Morgan fingerprint density at radius 3 is 2.71 bits per heavy atom. The summed E-state index contributed by atoms with van der Waals surface area (Å²) in [7, 11) is 1.59. The molecule has 0 aromatic carbocycles. The molecule has 1 amide bonds. The molecule has 0 aliphatic carbocycles. The molecule has 2 saturated heterocycles. The number of hydrogen-bond donors (Lipinski definition) is 1. The van der Waals surface area contributed by atoms with Crippen molar-refractivity contribution in [3.63, 3.8) is 0 Å². The van der Waals surface area contributed by atoms with E-state index in [4.69, 9.17) is 9.47 Å². The van der Waals surface area contributed by atoms with Crippen LogP contribution in [0.5, 0.6) is 0 Å². The van der Waals surface area contributed by atoms with Crippen LogP contribution in [0.2, 0.25) is 0 Å². The third-order valence-corrected chi connectivity index (χ3v) is 4.33. The first-order valence-corrected chi connectivity index (χ1v) is 8.30. The number of carbonyl (C=O) groups excluding carboxylic acids is 1. The highest BCUT2D eigenvalue weighted by atomic mass is 16.5. The maximum absolute atomic E-state index is 11.2. The van der Waals surface area contributed by atoms with Crippen molar-refractivity contribution >= 4 is 6.09 Å². The summed E-state index contributed by atoms with van der Waals surface area (Å²) in [6.07, 6.45) is 4.61. The van der Waals surface area contributed by atoms with Crippen LogP contribution in [0.1, 0.15) is 53.4 Å². The van der Waals surface area contributed by atoms with Gasteiger partial charge in [-0.15, -0.1) is 0 Å². The maximum Gasteiger partial charge on any atom is 0.406 e. The van der Waals surface area contributed by atoms with Crippen molar-refractivity contribution in [2.75, 3.05) is 26.8 Å². The van der Waals surface area contributed by atoms with Crippen molar-refractivity contribution in [1.82, 2.24) is 10.2 Å². The molecular formula is C16H32N2O3. The molecule has 0 spiro atoms. The Bertz CT molecular complexity index is 323. The highest BCUT2D eigenvalue weighted by Gasteiger charge is 2.49. The monoisotopic (exact) mass is 300 g/mol. The molecule has 0 radical (unpaired) electrons. The van der Waals surface area contributed by atoms with Crippen molar-refractivity contribution in [2.45, 2.75) is 71.1 Å². The lowest BCUT2D eigenvalue weighted by atomic mass is 9.95.